The molecule has 1 heterocycles. The summed E-state index contributed by atoms with van der Waals surface area (Å²) in [6.07, 6.45) is 9.11. The van der Waals surface area contributed by atoms with Gasteiger partial charge in [-0.25, -0.2) is 0 Å². The van der Waals surface area contributed by atoms with Crippen molar-refractivity contribution >= 4 is 11.8 Å². The molecule has 1 saturated heterocycles. The molecule has 1 aromatic carbocycles. The summed E-state index contributed by atoms with van der Waals surface area (Å²) in [5.74, 6) is -0.0908. The number of nitrogens with zero attached hydrogens (tertiary/aromatic N) is 1. The second-order valence-electron chi connectivity index (χ2n) is 8.13. The number of carbonyl (C=O) groups is 2. The third kappa shape index (κ3) is 5.32. The van der Waals surface area contributed by atoms with Crippen LogP contribution in [0, 0.1) is 6.92 Å². The fourth-order valence-corrected chi connectivity index (χ4v) is 4.45. The average molecular weight is 372 g/mol. The van der Waals surface area contributed by atoms with Gasteiger partial charge in [-0.3, -0.25) is 14.5 Å². The van der Waals surface area contributed by atoms with Gasteiger partial charge in [0.25, 0.3) is 5.91 Å². The minimum absolute atomic E-state index is 0.0309. The molecule has 2 amide bonds. The molecule has 2 aliphatic rings. The Bertz CT molecular complexity index is 629. The summed E-state index contributed by atoms with van der Waals surface area (Å²) in [5.41, 5.74) is 1.92. The summed E-state index contributed by atoms with van der Waals surface area (Å²) < 4.78 is 0. The Labute approximate surface area is 162 Å². The maximum Gasteiger partial charge on any atom is 0.251 e. The molecule has 1 saturated carbocycles. The highest BCUT2D eigenvalue weighted by atomic mass is 16.2. The molecule has 0 aromatic heterocycles. The number of carbonyl (C=O) groups excluding carboxylic acids is 2. The molecule has 5 nitrogen and oxygen atoms in total. The second kappa shape index (κ2) is 9.36. The average Bonchev–Trinajstić information content (AvgIpc) is 3.23. The normalized spacial score (nSPS) is 19.6. The van der Waals surface area contributed by atoms with Gasteiger partial charge in [-0.2, -0.15) is 0 Å². The first-order chi connectivity index (χ1) is 13.1. The summed E-state index contributed by atoms with van der Waals surface area (Å²) in [7, 11) is 0. The van der Waals surface area contributed by atoms with Crippen molar-refractivity contribution in [1.82, 2.24) is 15.5 Å². The first-order valence-electron chi connectivity index (χ1n) is 10.5. The minimum atomic E-state index is -0.122. The van der Waals surface area contributed by atoms with Crippen molar-refractivity contribution in [2.75, 3.05) is 26.2 Å². The molecule has 2 N–H and O–H groups in total. The van der Waals surface area contributed by atoms with E-state index in [2.05, 4.69) is 15.5 Å². The van der Waals surface area contributed by atoms with E-state index < -0.39 is 0 Å². The predicted octanol–water partition coefficient (Wildman–Crippen LogP) is 3.03. The van der Waals surface area contributed by atoms with Crippen LogP contribution < -0.4 is 10.6 Å². The van der Waals surface area contributed by atoms with Gasteiger partial charge in [-0.15, -0.1) is 0 Å². The van der Waals surface area contributed by atoms with E-state index in [1.54, 1.807) is 0 Å². The first kappa shape index (κ1) is 19.9. The summed E-state index contributed by atoms with van der Waals surface area (Å²) in [4.78, 5) is 27.1. The Morgan fingerprint density at radius 2 is 1.63 bits per heavy atom. The molecule has 0 unspecified atom stereocenters. The molecule has 0 radical (unpaired) electrons. The van der Waals surface area contributed by atoms with Crippen LogP contribution in [0.5, 0.6) is 0 Å². The van der Waals surface area contributed by atoms with Gasteiger partial charge in [0.2, 0.25) is 5.91 Å². The molecule has 0 bridgehead atoms. The smallest absolute Gasteiger partial charge is 0.251 e. The van der Waals surface area contributed by atoms with Gasteiger partial charge in [-0.1, -0.05) is 37.0 Å². The summed E-state index contributed by atoms with van der Waals surface area (Å²) in [6, 6.07) is 7.47. The van der Waals surface area contributed by atoms with Crippen LogP contribution in [-0.4, -0.2) is 48.4 Å². The predicted molar refractivity (Wildman–Crippen MR) is 108 cm³/mol. The van der Waals surface area contributed by atoms with Crippen molar-refractivity contribution in [3.63, 3.8) is 0 Å². The van der Waals surface area contributed by atoms with Crippen molar-refractivity contribution < 1.29 is 9.59 Å². The Hall–Kier alpha value is -1.88. The van der Waals surface area contributed by atoms with Gasteiger partial charge in [-0.05, 0) is 57.8 Å². The monoisotopic (exact) mass is 371 g/mol. The highest BCUT2D eigenvalue weighted by molar-refractivity contribution is 5.94. The zero-order chi connectivity index (χ0) is 19.1. The molecule has 0 atom stereocenters. The quantitative estimate of drug-likeness (QED) is 0.774. The molecule has 1 aromatic rings. The lowest BCUT2D eigenvalue weighted by atomic mass is 9.80. The number of benzene rings is 1. The van der Waals surface area contributed by atoms with Crippen LogP contribution in [0.2, 0.25) is 0 Å². The van der Waals surface area contributed by atoms with Crippen LogP contribution in [0.4, 0.5) is 0 Å². The first-order valence-corrected chi connectivity index (χ1v) is 10.5. The largest absolute Gasteiger partial charge is 0.354 e. The third-order valence-electron chi connectivity index (χ3n) is 6.13. The summed E-state index contributed by atoms with van der Waals surface area (Å²) in [5, 5.41) is 6.00. The Kier molecular flexibility index (Phi) is 6.89. The highest BCUT2D eigenvalue weighted by Crippen LogP contribution is 2.35. The van der Waals surface area contributed by atoms with E-state index in [0.717, 1.165) is 12.1 Å². The van der Waals surface area contributed by atoms with E-state index in [9.17, 15) is 9.59 Å². The van der Waals surface area contributed by atoms with E-state index in [0.29, 0.717) is 18.5 Å². The van der Waals surface area contributed by atoms with Crippen LogP contribution in [-0.2, 0) is 4.79 Å². The Balaban J connectivity index is 1.43. The van der Waals surface area contributed by atoms with E-state index in [1.807, 2.05) is 31.2 Å². The molecule has 5 heteroatoms. The number of aryl methyl sites for hydroxylation is 1. The number of nitrogens with one attached hydrogen (secondary N) is 2. The van der Waals surface area contributed by atoms with Gasteiger partial charge in [0, 0.05) is 30.6 Å². The van der Waals surface area contributed by atoms with Crippen LogP contribution in [0.15, 0.2) is 24.3 Å². The van der Waals surface area contributed by atoms with Crippen molar-refractivity contribution in [2.24, 2.45) is 0 Å². The summed E-state index contributed by atoms with van der Waals surface area (Å²) >= 11 is 0. The van der Waals surface area contributed by atoms with E-state index in [-0.39, 0.29) is 17.4 Å². The molecule has 27 heavy (non-hydrogen) atoms. The van der Waals surface area contributed by atoms with E-state index in [1.165, 1.54) is 58.0 Å². The highest BCUT2D eigenvalue weighted by Gasteiger charge is 2.39. The second-order valence-corrected chi connectivity index (χ2v) is 8.13. The van der Waals surface area contributed by atoms with Gasteiger partial charge in [0.1, 0.15) is 0 Å². The van der Waals surface area contributed by atoms with Crippen molar-refractivity contribution in [2.45, 2.75) is 63.8 Å². The molecule has 148 valence electrons. The topological polar surface area (TPSA) is 61.4 Å². The van der Waals surface area contributed by atoms with Crippen molar-refractivity contribution in [3.05, 3.63) is 35.4 Å². The molecule has 1 aliphatic carbocycles. The maximum atomic E-state index is 12.3. The number of hydrogen-bond donors (Lipinski definition) is 2. The van der Waals surface area contributed by atoms with Gasteiger partial charge in [0.15, 0.2) is 0 Å². The fraction of sp³-hybridized carbons (Fsp3) is 0.636. The fourth-order valence-electron chi connectivity index (χ4n) is 4.45. The Morgan fingerprint density at radius 1 is 0.963 bits per heavy atom. The Morgan fingerprint density at radius 3 is 2.30 bits per heavy atom. The van der Waals surface area contributed by atoms with Crippen LogP contribution >= 0.6 is 0 Å². The van der Waals surface area contributed by atoms with E-state index >= 15 is 0 Å². The molecule has 0 spiro atoms. The van der Waals surface area contributed by atoms with Gasteiger partial charge in [0.05, 0.1) is 0 Å². The van der Waals surface area contributed by atoms with Gasteiger partial charge >= 0.3 is 0 Å². The lowest BCUT2D eigenvalue weighted by molar-refractivity contribution is -0.121. The number of amides is 2. The summed E-state index contributed by atoms with van der Waals surface area (Å²) in [6.45, 7) is 5.45. The third-order valence-corrected chi connectivity index (χ3v) is 6.13. The number of hydrogen-bond acceptors (Lipinski definition) is 3. The molecule has 1 aliphatic heterocycles. The standard InChI is InChI=1S/C22H33N3O2/c1-18-7-9-19(10-8-18)21(27)23-14-11-20(26)24-17-22(12-3-2-4-13-22)25-15-5-6-16-25/h7-10H,2-6,11-17H2,1H3,(H,23,27)(H,24,26). The number of rotatable bonds is 7. The van der Waals surface area contributed by atoms with E-state index in [4.69, 9.17) is 0 Å². The van der Waals surface area contributed by atoms with Crippen molar-refractivity contribution in [1.29, 1.82) is 0 Å². The molecular weight excluding hydrogens is 338 g/mol. The lowest BCUT2D eigenvalue weighted by Crippen LogP contribution is -2.55. The molecule has 2 fully saturated rings. The van der Waals surface area contributed by atoms with Crippen LogP contribution in [0.3, 0.4) is 0 Å². The SMILES string of the molecule is Cc1ccc(C(=O)NCCC(=O)NCC2(N3CCCC3)CCCCC2)cc1. The molecular formula is C22H33N3O2. The minimum Gasteiger partial charge on any atom is -0.354 e. The number of likely N-dealkylation sites (tertiary alicyclic amines) is 1. The maximum absolute atomic E-state index is 12.3. The van der Waals surface area contributed by atoms with Crippen LogP contribution in [0.25, 0.3) is 0 Å². The zero-order valence-corrected chi connectivity index (χ0v) is 16.6. The van der Waals surface area contributed by atoms with Crippen molar-refractivity contribution in [3.8, 4) is 0 Å². The zero-order valence-electron chi connectivity index (χ0n) is 16.6. The van der Waals surface area contributed by atoms with Gasteiger partial charge < -0.3 is 10.6 Å². The van der Waals surface area contributed by atoms with Crippen LogP contribution in [0.1, 0.15) is 67.3 Å². The lowest BCUT2D eigenvalue weighted by Gasteiger charge is -2.45. The molecule has 3 rings (SSSR count).